The number of nitrogens with two attached hydrogens (primary N) is 2. The van der Waals surface area contributed by atoms with Crippen LogP contribution in [0.1, 0.15) is 63.1 Å². The second kappa shape index (κ2) is 12.4. The van der Waals surface area contributed by atoms with Crippen LogP contribution in [0.25, 0.3) is 5.69 Å². The average Bonchev–Trinajstić information content (AvgIpc) is 3.06. The summed E-state index contributed by atoms with van der Waals surface area (Å²) in [6.45, 7) is 3.67. The first kappa shape index (κ1) is 22.3. The molecule has 156 valence electrons. The number of benzene rings is 1. The number of aromatic nitrogens is 2. The maximum absolute atomic E-state index is 9.45. The molecule has 0 bridgehead atoms. The van der Waals surface area contributed by atoms with Gasteiger partial charge in [0, 0.05) is 13.1 Å². The Labute approximate surface area is 173 Å². The molecule has 0 aliphatic heterocycles. The van der Waals surface area contributed by atoms with Crippen molar-refractivity contribution in [3.05, 3.63) is 41.6 Å². The largest absolute Gasteiger partial charge is 0.382 e. The van der Waals surface area contributed by atoms with Crippen molar-refractivity contribution in [2.75, 3.05) is 18.8 Å². The second-order valence-electron chi connectivity index (χ2n) is 7.13. The molecule has 0 spiro atoms. The third kappa shape index (κ3) is 7.15. The number of nitriles is 1. The number of rotatable bonds is 12. The highest BCUT2D eigenvalue weighted by Crippen LogP contribution is 2.21. The quantitative estimate of drug-likeness (QED) is 0.289. The third-order valence-corrected chi connectivity index (χ3v) is 4.80. The Morgan fingerprint density at radius 3 is 2.59 bits per heavy atom. The van der Waals surface area contributed by atoms with Gasteiger partial charge >= 0.3 is 0 Å². The zero-order valence-electron chi connectivity index (χ0n) is 17.4. The summed E-state index contributed by atoms with van der Waals surface area (Å²) in [5, 5.41) is 17.1. The predicted molar refractivity (Wildman–Crippen MR) is 119 cm³/mol. The van der Waals surface area contributed by atoms with Crippen LogP contribution in [-0.2, 0) is 6.42 Å². The van der Waals surface area contributed by atoms with E-state index in [1.807, 2.05) is 30.3 Å². The number of nitrogen functional groups attached to an aromatic ring is 1. The summed E-state index contributed by atoms with van der Waals surface area (Å²) in [6, 6.07) is 11.8. The van der Waals surface area contributed by atoms with Crippen LogP contribution >= 0.6 is 0 Å². The molecule has 0 aliphatic rings. The van der Waals surface area contributed by atoms with Crippen molar-refractivity contribution >= 4 is 11.8 Å². The third-order valence-electron chi connectivity index (χ3n) is 4.80. The first-order chi connectivity index (χ1) is 14.2. The monoisotopic (exact) mass is 395 g/mol. The molecule has 2 rings (SSSR count). The Morgan fingerprint density at radius 1 is 1.14 bits per heavy atom. The number of para-hydroxylation sites is 1. The van der Waals surface area contributed by atoms with E-state index in [0.29, 0.717) is 36.0 Å². The fourth-order valence-electron chi connectivity index (χ4n) is 3.16. The number of aryl methyl sites for hydroxylation is 1. The molecule has 7 nitrogen and oxygen atoms in total. The van der Waals surface area contributed by atoms with E-state index in [9.17, 15) is 5.26 Å². The van der Waals surface area contributed by atoms with Crippen LogP contribution in [0.3, 0.4) is 0 Å². The molecular weight excluding hydrogens is 362 g/mol. The van der Waals surface area contributed by atoms with E-state index in [1.165, 1.54) is 32.1 Å². The summed E-state index contributed by atoms with van der Waals surface area (Å²) in [5.41, 5.74) is 14.0. The minimum atomic E-state index is 0.373. The van der Waals surface area contributed by atoms with Gasteiger partial charge in [-0.1, -0.05) is 57.2 Å². The Balaban J connectivity index is 1.77. The van der Waals surface area contributed by atoms with Crippen LogP contribution in [-0.4, -0.2) is 28.8 Å². The average molecular weight is 396 g/mol. The minimum absolute atomic E-state index is 0.373. The number of guanidine groups is 1. The van der Waals surface area contributed by atoms with Crippen LogP contribution in [0, 0.1) is 11.3 Å². The van der Waals surface area contributed by atoms with Gasteiger partial charge in [-0.25, -0.2) is 4.68 Å². The summed E-state index contributed by atoms with van der Waals surface area (Å²) in [6.07, 6.45) is 8.90. The molecule has 0 fully saturated rings. The lowest BCUT2D eigenvalue weighted by molar-refractivity contribution is 0.601. The fourth-order valence-corrected chi connectivity index (χ4v) is 3.16. The molecule has 0 radical (unpaired) electrons. The summed E-state index contributed by atoms with van der Waals surface area (Å²) in [7, 11) is 0. The SMILES string of the molecule is CCCCCCCCNC(N)=NCCCc1nn(-c2ccccc2)c(N)c1C#N. The number of nitrogens with zero attached hydrogens (tertiary/aromatic N) is 4. The van der Waals surface area contributed by atoms with Crippen LogP contribution in [0.2, 0.25) is 0 Å². The van der Waals surface area contributed by atoms with Crippen molar-refractivity contribution < 1.29 is 0 Å². The maximum atomic E-state index is 9.45. The van der Waals surface area contributed by atoms with Gasteiger partial charge in [0.2, 0.25) is 0 Å². The van der Waals surface area contributed by atoms with Gasteiger partial charge in [-0.15, -0.1) is 0 Å². The highest BCUT2D eigenvalue weighted by atomic mass is 15.3. The molecule has 1 aromatic heterocycles. The molecule has 0 saturated carbocycles. The number of hydrogen-bond acceptors (Lipinski definition) is 4. The van der Waals surface area contributed by atoms with Gasteiger partial charge in [0.05, 0.1) is 11.4 Å². The first-order valence-electron chi connectivity index (χ1n) is 10.5. The number of aliphatic imine (C=N–C) groups is 1. The number of hydrogen-bond donors (Lipinski definition) is 3. The standard InChI is InChI=1S/C22H33N7/c1-2-3-4-5-6-10-15-26-22(25)27-16-11-14-20-19(17-23)21(24)29(28-20)18-12-8-7-9-13-18/h7-9,12-13H,2-6,10-11,14-16,24H2,1H3,(H3,25,26,27). The number of anilines is 1. The molecular formula is C22H33N7. The van der Waals surface area contributed by atoms with Gasteiger partial charge in [0.25, 0.3) is 0 Å². The summed E-state index contributed by atoms with van der Waals surface area (Å²) >= 11 is 0. The van der Waals surface area contributed by atoms with Crippen LogP contribution < -0.4 is 16.8 Å². The molecule has 0 unspecified atom stereocenters. The Morgan fingerprint density at radius 2 is 1.86 bits per heavy atom. The summed E-state index contributed by atoms with van der Waals surface area (Å²) in [5.74, 6) is 0.853. The second-order valence-corrected chi connectivity index (χ2v) is 7.13. The smallest absolute Gasteiger partial charge is 0.188 e. The van der Waals surface area contributed by atoms with Gasteiger partial charge < -0.3 is 16.8 Å². The lowest BCUT2D eigenvalue weighted by Gasteiger charge is -2.05. The van der Waals surface area contributed by atoms with Crippen LogP contribution in [0.4, 0.5) is 5.82 Å². The first-order valence-corrected chi connectivity index (χ1v) is 10.5. The minimum Gasteiger partial charge on any atom is -0.382 e. The van der Waals surface area contributed by atoms with Crippen LogP contribution in [0.5, 0.6) is 0 Å². The molecule has 1 aromatic carbocycles. The van der Waals surface area contributed by atoms with E-state index in [1.54, 1.807) is 4.68 Å². The van der Waals surface area contributed by atoms with Crippen molar-refractivity contribution in [2.45, 2.75) is 58.3 Å². The fraction of sp³-hybridized carbons (Fsp3) is 0.500. The lowest BCUT2D eigenvalue weighted by atomic mass is 10.1. The van der Waals surface area contributed by atoms with Crippen molar-refractivity contribution in [3.63, 3.8) is 0 Å². The lowest BCUT2D eigenvalue weighted by Crippen LogP contribution is -2.32. The van der Waals surface area contributed by atoms with E-state index < -0.39 is 0 Å². The molecule has 1 heterocycles. The zero-order valence-corrected chi connectivity index (χ0v) is 17.4. The highest BCUT2D eigenvalue weighted by Gasteiger charge is 2.15. The molecule has 7 heteroatoms. The molecule has 0 saturated heterocycles. The topological polar surface area (TPSA) is 118 Å². The molecule has 29 heavy (non-hydrogen) atoms. The predicted octanol–water partition coefficient (Wildman–Crippen LogP) is 3.52. The number of nitrogens with one attached hydrogen (secondary N) is 1. The van der Waals surface area contributed by atoms with E-state index in [-0.39, 0.29) is 0 Å². The van der Waals surface area contributed by atoms with Crippen LogP contribution in [0.15, 0.2) is 35.3 Å². The van der Waals surface area contributed by atoms with Gasteiger partial charge in [-0.3, -0.25) is 4.99 Å². The van der Waals surface area contributed by atoms with E-state index in [4.69, 9.17) is 11.5 Å². The van der Waals surface area contributed by atoms with Crippen molar-refractivity contribution in [2.24, 2.45) is 10.7 Å². The van der Waals surface area contributed by atoms with E-state index in [2.05, 4.69) is 28.4 Å². The van der Waals surface area contributed by atoms with Gasteiger partial charge in [-0.05, 0) is 31.4 Å². The Bertz CT molecular complexity index is 803. The molecule has 0 atom stereocenters. The Hall–Kier alpha value is -3.01. The van der Waals surface area contributed by atoms with Crippen molar-refractivity contribution in [1.29, 1.82) is 5.26 Å². The molecule has 5 N–H and O–H groups in total. The molecule has 2 aromatic rings. The maximum Gasteiger partial charge on any atom is 0.188 e. The molecule has 0 amide bonds. The zero-order chi connectivity index (χ0) is 20.9. The van der Waals surface area contributed by atoms with Gasteiger partial charge in [0.1, 0.15) is 17.5 Å². The Kier molecular flexibility index (Phi) is 9.56. The van der Waals surface area contributed by atoms with Gasteiger partial charge in [0.15, 0.2) is 5.96 Å². The normalized spacial score (nSPS) is 11.4. The molecule has 0 aliphatic carbocycles. The van der Waals surface area contributed by atoms with E-state index in [0.717, 1.165) is 25.1 Å². The van der Waals surface area contributed by atoms with Crippen molar-refractivity contribution in [3.8, 4) is 11.8 Å². The highest BCUT2D eigenvalue weighted by molar-refractivity contribution is 5.77. The summed E-state index contributed by atoms with van der Waals surface area (Å²) in [4.78, 5) is 4.36. The van der Waals surface area contributed by atoms with E-state index >= 15 is 0 Å². The van der Waals surface area contributed by atoms with Crippen molar-refractivity contribution in [1.82, 2.24) is 15.1 Å². The summed E-state index contributed by atoms with van der Waals surface area (Å²) < 4.78 is 1.62. The number of unbranched alkanes of at least 4 members (excludes halogenated alkanes) is 5. The van der Waals surface area contributed by atoms with Gasteiger partial charge in [-0.2, -0.15) is 10.4 Å².